The van der Waals surface area contributed by atoms with Crippen LogP contribution in [0.2, 0.25) is 0 Å². The number of halogens is 5. The minimum Gasteiger partial charge on any atom is -0.447 e. The number of nitrogens with zero attached hydrogens (tertiary/aromatic N) is 2. The Hall–Kier alpha value is -1.20. The van der Waals surface area contributed by atoms with Crippen LogP contribution in [0.1, 0.15) is 17.5 Å². The highest BCUT2D eigenvalue weighted by Crippen LogP contribution is 2.26. The van der Waals surface area contributed by atoms with Gasteiger partial charge in [0.2, 0.25) is 0 Å². The molecule has 0 aromatic heterocycles. The first-order valence-electron chi connectivity index (χ1n) is 7.74. The molecule has 0 bridgehead atoms. The summed E-state index contributed by atoms with van der Waals surface area (Å²) in [5.74, 6) is -4.56. The molecular weight excluding hydrogens is 432 g/mol. The molecule has 0 saturated heterocycles. The van der Waals surface area contributed by atoms with Crippen molar-refractivity contribution in [2.24, 2.45) is 5.29 Å². The molecule has 0 saturated carbocycles. The van der Waals surface area contributed by atoms with Crippen LogP contribution in [0.15, 0.2) is 5.29 Å². The second-order valence-corrected chi connectivity index (χ2v) is 8.20. The van der Waals surface area contributed by atoms with Crippen molar-refractivity contribution >= 4 is 39.3 Å². The van der Waals surface area contributed by atoms with E-state index in [2.05, 4.69) is 5.29 Å². The van der Waals surface area contributed by atoms with Gasteiger partial charge in [-0.2, -0.15) is 5.01 Å². The van der Waals surface area contributed by atoms with Crippen molar-refractivity contribution in [3.05, 3.63) is 39.3 Å². The van der Waals surface area contributed by atoms with E-state index in [4.69, 9.17) is 16.3 Å². The second kappa shape index (κ2) is 12.3. The van der Waals surface area contributed by atoms with Gasteiger partial charge < -0.3 is 4.74 Å². The summed E-state index contributed by atoms with van der Waals surface area (Å²) in [5.41, 5.74) is -1.28. The number of amides is 1. The second-order valence-electron chi connectivity index (χ2n) is 5.12. The number of carbonyl (C=O) groups excluding carboxylic acids is 1. The zero-order valence-corrected chi connectivity index (χ0v) is 16.7. The van der Waals surface area contributed by atoms with Crippen molar-refractivity contribution in [3.63, 3.8) is 0 Å². The fraction of sp³-hybridized carbons (Fsp3) is 0.533. The minimum atomic E-state index is -1.37. The third kappa shape index (κ3) is 7.04. The Balaban J connectivity index is 2.27. The molecule has 152 valence electrons. The highest BCUT2D eigenvalue weighted by Gasteiger charge is 2.22. The van der Waals surface area contributed by atoms with E-state index in [9.17, 15) is 27.3 Å². The summed E-state index contributed by atoms with van der Waals surface area (Å²) < 4.78 is 59.2. The average Bonchev–Trinajstić information content (AvgIpc) is 2.66. The fourth-order valence-electron chi connectivity index (χ4n) is 1.92. The Morgan fingerprint density at radius 3 is 2.26 bits per heavy atom. The summed E-state index contributed by atoms with van der Waals surface area (Å²) in [6, 6.07) is 0. The smallest absolute Gasteiger partial charge is 0.433 e. The predicted octanol–water partition coefficient (Wildman–Crippen LogP) is 5.22. The summed E-state index contributed by atoms with van der Waals surface area (Å²) >= 11 is 5.40. The summed E-state index contributed by atoms with van der Waals surface area (Å²) in [6.45, 7) is 0.946. The molecule has 0 aliphatic rings. The van der Waals surface area contributed by atoms with Crippen molar-refractivity contribution in [1.29, 1.82) is 0 Å². The predicted molar refractivity (Wildman–Crippen MR) is 98.8 cm³/mol. The molecule has 0 heterocycles. The van der Waals surface area contributed by atoms with Crippen LogP contribution < -0.4 is 0 Å². The maximum atomic E-state index is 13.7. The van der Waals surface area contributed by atoms with Crippen molar-refractivity contribution in [2.75, 3.05) is 30.5 Å². The van der Waals surface area contributed by atoms with Crippen LogP contribution in [0, 0.1) is 35.1 Å². The Labute approximate surface area is 166 Å². The SMILES string of the molecule is Cc1c(F)c(F)c(CCCSSCCOC(=O)N(CCCl)N=O)c(F)c1F. The van der Waals surface area contributed by atoms with Crippen LogP contribution >= 0.6 is 33.2 Å². The van der Waals surface area contributed by atoms with E-state index >= 15 is 0 Å². The first-order valence-corrected chi connectivity index (χ1v) is 10.8. The molecule has 1 aromatic carbocycles. The van der Waals surface area contributed by atoms with Crippen LogP contribution in [-0.4, -0.2) is 41.6 Å². The number of nitroso groups, excluding NO2 is 1. The summed E-state index contributed by atoms with van der Waals surface area (Å²) in [5, 5.41) is 3.04. The molecule has 1 amide bonds. The topological polar surface area (TPSA) is 59.0 Å². The molecule has 27 heavy (non-hydrogen) atoms. The van der Waals surface area contributed by atoms with E-state index in [-0.39, 0.29) is 25.5 Å². The van der Waals surface area contributed by atoms with Crippen LogP contribution in [0.25, 0.3) is 0 Å². The number of ether oxygens (including phenoxy) is 1. The van der Waals surface area contributed by atoms with Gasteiger partial charge in [0, 0.05) is 28.5 Å². The van der Waals surface area contributed by atoms with Crippen molar-refractivity contribution in [2.45, 2.75) is 19.8 Å². The molecule has 5 nitrogen and oxygen atoms in total. The maximum Gasteiger partial charge on any atom is 0.433 e. The third-order valence-electron chi connectivity index (χ3n) is 3.31. The molecule has 0 aliphatic carbocycles. The van der Waals surface area contributed by atoms with Crippen LogP contribution in [0.5, 0.6) is 0 Å². The summed E-state index contributed by atoms with van der Waals surface area (Å²) in [7, 11) is 2.68. The van der Waals surface area contributed by atoms with Gasteiger partial charge in [0.15, 0.2) is 23.3 Å². The van der Waals surface area contributed by atoms with Gasteiger partial charge in [-0.1, -0.05) is 21.6 Å². The Morgan fingerprint density at radius 2 is 1.70 bits per heavy atom. The lowest BCUT2D eigenvalue weighted by molar-refractivity contribution is 0.111. The van der Waals surface area contributed by atoms with Crippen molar-refractivity contribution < 1.29 is 27.1 Å². The molecule has 1 aromatic rings. The van der Waals surface area contributed by atoms with E-state index in [0.717, 1.165) is 6.92 Å². The van der Waals surface area contributed by atoms with E-state index in [1.165, 1.54) is 21.6 Å². The summed E-state index contributed by atoms with van der Waals surface area (Å²) in [4.78, 5) is 21.8. The Bertz CT molecular complexity index is 641. The normalized spacial score (nSPS) is 10.7. The molecule has 0 aliphatic heterocycles. The number of rotatable bonds is 11. The number of carbonyl (C=O) groups is 1. The van der Waals surface area contributed by atoms with Gasteiger partial charge in [0.25, 0.3) is 0 Å². The molecule has 0 atom stereocenters. The van der Waals surface area contributed by atoms with Crippen molar-refractivity contribution in [3.8, 4) is 0 Å². The highest BCUT2D eigenvalue weighted by atomic mass is 35.5. The molecule has 12 heteroatoms. The van der Waals surface area contributed by atoms with E-state index < -0.39 is 40.5 Å². The first kappa shape index (κ1) is 23.8. The standard InChI is InChI=1S/C15H17ClF4N2O3S2/c1-9-11(17)13(19)10(14(20)12(9)18)3-2-7-26-27-8-6-25-15(23)22(21-24)5-4-16/h2-8H2,1H3. The van der Waals surface area contributed by atoms with E-state index in [1.807, 2.05) is 0 Å². The fourth-order valence-corrected chi connectivity index (χ4v) is 3.99. The minimum absolute atomic E-state index is 0.0302. The zero-order valence-electron chi connectivity index (χ0n) is 14.3. The van der Waals surface area contributed by atoms with Gasteiger partial charge in [-0.15, -0.1) is 16.5 Å². The summed E-state index contributed by atoms with van der Waals surface area (Å²) in [6.07, 6.45) is -0.746. The molecule has 0 unspecified atom stereocenters. The monoisotopic (exact) mass is 448 g/mol. The number of alkyl halides is 1. The van der Waals surface area contributed by atoms with Gasteiger partial charge in [-0.05, 0) is 19.8 Å². The first-order chi connectivity index (χ1) is 12.8. The quantitative estimate of drug-likeness (QED) is 0.0882. The number of benzene rings is 1. The Morgan fingerprint density at radius 1 is 1.11 bits per heavy atom. The maximum absolute atomic E-state index is 13.7. The average molecular weight is 449 g/mol. The largest absolute Gasteiger partial charge is 0.447 e. The van der Waals surface area contributed by atoms with Gasteiger partial charge in [-0.3, -0.25) is 0 Å². The molecular formula is C15H17ClF4N2O3S2. The van der Waals surface area contributed by atoms with Gasteiger partial charge in [0.1, 0.15) is 6.61 Å². The van der Waals surface area contributed by atoms with Gasteiger partial charge in [0.05, 0.1) is 11.8 Å². The molecule has 0 fully saturated rings. The molecule has 1 rings (SSSR count). The van der Waals surface area contributed by atoms with Gasteiger partial charge >= 0.3 is 6.09 Å². The molecule has 0 radical (unpaired) electrons. The lowest BCUT2D eigenvalue weighted by Gasteiger charge is -2.11. The van der Waals surface area contributed by atoms with Crippen molar-refractivity contribution in [1.82, 2.24) is 5.01 Å². The van der Waals surface area contributed by atoms with E-state index in [1.54, 1.807) is 0 Å². The Kier molecular flexibility index (Phi) is 10.9. The lowest BCUT2D eigenvalue weighted by atomic mass is 10.0. The molecule has 0 spiro atoms. The number of hydrogen-bond acceptors (Lipinski definition) is 6. The van der Waals surface area contributed by atoms with Crippen LogP contribution in [0.4, 0.5) is 22.4 Å². The highest BCUT2D eigenvalue weighted by molar-refractivity contribution is 8.76. The lowest BCUT2D eigenvalue weighted by Crippen LogP contribution is -2.28. The third-order valence-corrected chi connectivity index (χ3v) is 5.93. The zero-order chi connectivity index (χ0) is 20.4. The van der Waals surface area contributed by atoms with Gasteiger partial charge in [-0.25, -0.2) is 22.4 Å². The van der Waals surface area contributed by atoms with Crippen LogP contribution in [-0.2, 0) is 11.2 Å². The number of hydrogen-bond donors (Lipinski definition) is 0. The van der Waals surface area contributed by atoms with E-state index in [0.29, 0.717) is 22.9 Å². The molecule has 0 N–H and O–H groups in total. The van der Waals surface area contributed by atoms with Crippen LogP contribution in [0.3, 0.4) is 0 Å².